The summed E-state index contributed by atoms with van der Waals surface area (Å²) in [5.41, 5.74) is 1.52. The van der Waals surface area contributed by atoms with Gasteiger partial charge in [-0.05, 0) is 37.3 Å². The molecule has 5 atom stereocenters. The molecule has 1 saturated heterocycles. The number of hydrogen-bond acceptors (Lipinski definition) is 8. The molecule has 2 aliphatic rings. The number of aryl methyl sites for hydroxylation is 1. The van der Waals surface area contributed by atoms with Crippen molar-refractivity contribution in [1.82, 2.24) is 0 Å². The minimum atomic E-state index is -1.57. The van der Waals surface area contributed by atoms with Gasteiger partial charge in [0.25, 0.3) is 0 Å². The number of ether oxygens (including phenoxy) is 2. The van der Waals surface area contributed by atoms with Gasteiger partial charge in [0, 0.05) is 17.0 Å². The smallest absolute Gasteiger partial charge is 0.339 e. The number of hydrogen-bond donors (Lipinski definition) is 4. The Morgan fingerprint density at radius 1 is 1.07 bits per heavy atom. The van der Waals surface area contributed by atoms with Crippen molar-refractivity contribution in [3.05, 3.63) is 38.7 Å². The molecule has 1 aromatic carbocycles. The third-order valence-electron chi connectivity index (χ3n) is 5.37. The number of halogens is 1. The van der Waals surface area contributed by atoms with Crippen molar-refractivity contribution in [1.29, 1.82) is 0 Å². The summed E-state index contributed by atoms with van der Waals surface area (Å²) in [7, 11) is 0. The van der Waals surface area contributed by atoms with E-state index in [4.69, 9.17) is 25.5 Å². The highest BCUT2D eigenvalue weighted by Gasteiger charge is 2.44. The van der Waals surface area contributed by atoms with Gasteiger partial charge in [0.05, 0.1) is 11.6 Å². The quantitative estimate of drug-likeness (QED) is 0.536. The van der Waals surface area contributed by atoms with Gasteiger partial charge in [0.2, 0.25) is 6.29 Å². The van der Waals surface area contributed by atoms with Crippen molar-refractivity contribution in [2.75, 3.05) is 6.61 Å². The molecule has 1 aliphatic carbocycles. The van der Waals surface area contributed by atoms with Crippen molar-refractivity contribution in [2.45, 2.75) is 56.4 Å². The normalized spacial score (nSPS) is 30.2. The van der Waals surface area contributed by atoms with E-state index in [1.54, 1.807) is 6.07 Å². The first kappa shape index (κ1) is 19.6. The molecule has 0 spiro atoms. The van der Waals surface area contributed by atoms with Crippen LogP contribution in [0.2, 0.25) is 5.02 Å². The highest BCUT2D eigenvalue weighted by Crippen LogP contribution is 2.36. The standard InChI is InChI=1S/C19H21ClO8/c20-11-5-10-8-3-1-2-4-9(8)18(25)26-12(10)6-13(11)27-19-17(24)16(23)15(22)14(7-21)28-19/h5-6,14-17,19,21-24H,1-4,7H2/t14-,15-,16+,17-,19+/m0/s1. The van der Waals surface area contributed by atoms with Gasteiger partial charge in [-0.1, -0.05) is 11.6 Å². The van der Waals surface area contributed by atoms with Crippen LogP contribution in [0, 0.1) is 0 Å². The lowest BCUT2D eigenvalue weighted by atomic mass is 9.90. The van der Waals surface area contributed by atoms with Crippen molar-refractivity contribution in [3.63, 3.8) is 0 Å². The molecule has 0 bridgehead atoms. The van der Waals surface area contributed by atoms with E-state index in [1.807, 2.05) is 0 Å². The second-order valence-electron chi connectivity index (χ2n) is 7.15. The lowest BCUT2D eigenvalue weighted by molar-refractivity contribution is -0.277. The zero-order chi connectivity index (χ0) is 20.0. The molecule has 1 aromatic heterocycles. The van der Waals surface area contributed by atoms with Crippen LogP contribution in [0.1, 0.15) is 24.0 Å². The van der Waals surface area contributed by atoms with E-state index >= 15 is 0 Å². The van der Waals surface area contributed by atoms with E-state index < -0.39 is 37.3 Å². The zero-order valence-electron chi connectivity index (χ0n) is 14.9. The SMILES string of the molecule is O=c1oc2cc(O[C@@H]3O[C@@H](CO)[C@H](O)[C@@H](O)[C@@H]3O)c(Cl)cc2c2c1CCCC2. The highest BCUT2D eigenvalue weighted by molar-refractivity contribution is 6.32. The summed E-state index contributed by atoms with van der Waals surface area (Å²) in [6, 6.07) is 3.08. The van der Waals surface area contributed by atoms with E-state index in [-0.39, 0.29) is 16.4 Å². The Morgan fingerprint density at radius 3 is 2.50 bits per heavy atom. The molecule has 0 amide bonds. The van der Waals surface area contributed by atoms with Gasteiger partial charge in [-0.2, -0.15) is 0 Å². The second kappa shape index (κ2) is 7.62. The monoisotopic (exact) mass is 412 g/mol. The first-order chi connectivity index (χ1) is 13.4. The molecule has 4 N–H and O–H groups in total. The Balaban J connectivity index is 1.70. The highest BCUT2D eigenvalue weighted by atomic mass is 35.5. The fraction of sp³-hybridized carbons (Fsp3) is 0.526. The molecule has 1 fully saturated rings. The summed E-state index contributed by atoms with van der Waals surface area (Å²) in [6.45, 7) is -0.572. The van der Waals surface area contributed by atoms with Crippen LogP contribution in [0.4, 0.5) is 0 Å². The third kappa shape index (κ3) is 3.30. The molecular formula is C19H21ClO8. The third-order valence-corrected chi connectivity index (χ3v) is 5.66. The van der Waals surface area contributed by atoms with E-state index in [9.17, 15) is 25.2 Å². The van der Waals surface area contributed by atoms with Crippen LogP contribution >= 0.6 is 11.6 Å². The zero-order valence-corrected chi connectivity index (χ0v) is 15.6. The number of benzene rings is 1. The molecular weight excluding hydrogens is 392 g/mol. The predicted molar refractivity (Wildman–Crippen MR) is 98.5 cm³/mol. The first-order valence-corrected chi connectivity index (χ1v) is 9.53. The van der Waals surface area contributed by atoms with Gasteiger partial charge < -0.3 is 34.3 Å². The van der Waals surface area contributed by atoms with Crippen molar-refractivity contribution < 1.29 is 34.3 Å². The van der Waals surface area contributed by atoms with Gasteiger partial charge in [0.1, 0.15) is 35.7 Å². The molecule has 28 heavy (non-hydrogen) atoms. The van der Waals surface area contributed by atoms with Crippen LogP contribution in [-0.2, 0) is 17.6 Å². The van der Waals surface area contributed by atoms with Crippen molar-refractivity contribution in [3.8, 4) is 5.75 Å². The van der Waals surface area contributed by atoms with E-state index in [0.29, 0.717) is 17.6 Å². The fourth-order valence-corrected chi connectivity index (χ4v) is 4.03. The summed E-state index contributed by atoms with van der Waals surface area (Å²) in [5.74, 6) is 0.0809. The first-order valence-electron chi connectivity index (χ1n) is 9.16. The molecule has 0 saturated carbocycles. The molecule has 0 unspecified atom stereocenters. The Morgan fingerprint density at radius 2 is 1.79 bits per heavy atom. The molecule has 8 nitrogen and oxygen atoms in total. The van der Waals surface area contributed by atoms with Crippen LogP contribution < -0.4 is 10.4 Å². The predicted octanol–water partition coefficient (Wildman–Crippen LogP) is 0.504. The fourth-order valence-electron chi connectivity index (χ4n) is 3.82. The van der Waals surface area contributed by atoms with E-state index in [1.165, 1.54) is 6.07 Å². The molecule has 2 aromatic rings. The summed E-state index contributed by atoms with van der Waals surface area (Å²) in [5, 5.41) is 40.1. The van der Waals surface area contributed by atoms with Crippen LogP contribution in [0.5, 0.6) is 5.75 Å². The largest absolute Gasteiger partial charge is 0.460 e. The maximum Gasteiger partial charge on any atom is 0.339 e. The number of rotatable bonds is 3. The van der Waals surface area contributed by atoms with Crippen LogP contribution in [0.25, 0.3) is 11.0 Å². The number of aliphatic hydroxyl groups is 4. The Bertz CT molecular complexity index is 940. The van der Waals surface area contributed by atoms with Gasteiger partial charge in [-0.25, -0.2) is 4.79 Å². The summed E-state index contributed by atoms with van der Waals surface area (Å²) >= 11 is 6.34. The Hall–Kier alpha value is -1.68. The average Bonchev–Trinajstić information content (AvgIpc) is 2.70. The van der Waals surface area contributed by atoms with Gasteiger partial charge in [-0.15, -0.1) is 0 Å². The van der Waals surface area contributed by atoms with Crippen molar-refractivity contribution >= 4 is 22.6 Å². The molecule has 2 heterocycles. The molecule has 1 aliphatic heterocycles. The maximum atomic E-state index is 12.3. The van der Waals surface area contributed by atoms with Gasteiger partial charge in [-0.3, -0.25) is 0 Å². The van der Waals surface area contributed by atoms with Crippen LogP contribution in [-0.4, -0.2) is 57.7 Å². The summed E-state index contributed by atoms with van der Waals surface area (Å²) in [6.07, 6.45) is -3.75. The lowest BCUT2D eigenvalue weighted by Gasteiger charge is -2.39. The Labute approximate surface area is 164 Å². The molecule has 9 heteroatoms. The molecule has 152 valence electrons. The van der Waals surface area contributed by atoms with Crippen molar-refractivity contribution in [2.24, 2.45) is 0 Å². The second-order valence-corrected chi connectivity index (χ2v) is 7.55. The van der Waals surface area contributed by atoms with Gasteiger partial charge in [0.15, 0.2) is 0 Å². The van der Waals surface area contributed by atoms with Crippen LogP contribution in [0.3, 0.4) is 0 Å². The van der Waals surface area contributed by atoms with E-state index in [0.717, 1.165) is 30.2 Å². The topological polar surface area (TPSA) is 130 Å². The van der Waals surface area contributed by atoms with Gasteiger partial charge >= 0.3 is 5.63 Å². The Kier molecular flexibility index (Phi) is 5.34. The van der Waals surface area contributed by atoms with E-state index in [2.05, 4.69) is 0 Å². The molecule has 0 radical (unpaired) electrons. The average molecular weight is 413 g/mol. The lowest BCUT2D eigenvalue weighted by Crippen LogP contribution is -2.60. The van der Waals surface area contributed by atoms with Crippen LogP contribution in [0.15, 0.2) is 21.3 Å². The number of aliphatic hydroxyl groups excluding tert-OH is 4. The minimum absolute atomic E-state index is 0.0809. The maximum absolute atomic E-state index is 12.3. The summed E-state index contributed by atoms with van der Waals surface area (Å²) in [4.78, 5) is 12.3. The summed E-state index contributed by atoms with van der Waals surface area (Å²) < 4.78 is 16.4. The number of fused-ring (bicyclic) bond motifs is 3. The minimum Gasteiger partial charge on any atom is -0.460 e. The molecule has 4 rings (SSSR count).